The zero-order valence-corrected chi connectivity index (χ0v) is 14.7. The maximum absolute atomic E-state index is 12.9. The summed E-state index contributed by atoms with van der Waals surface area (Å²) in [6.07, 6.45) is 0.0129. The standard InChI is InChI=1S/C19H18ClNO4/c1-19(20,9-22)15-7-11-14(25-15)8-13(23)16-17(11)21(2)12-6-4-3-5-10(12)18(16)24/h3-6,8,15,22-23H,7,9H2,1-2H3. The third kappa shape index (κ3) is 2.23. The number of hydrogen-bond donors (Lipinski definition) is 2. The first-order chi connectivity index (χ1) is 11.8. The number of halogens is 1. The van der Waals surface area contributed by atoms with Crippen LogP contribution in [0.4, 0.5) is 0 Å². The highest BCUT2D eigenvalue weighted by Gasteiger charge is 2.40. The van der Waals surface area contributed by atoms with Crippen LogP contribution in [0.1, 0.15) is 12.5 Å². The van der Waals surface area contributed by atoms with Crippen molar-refractivity contribution in [1.29, 1.82) is 0 Å². The molecule has 2 heterocycles. The number of aliphatic hydroxyl groups is 1. The fourth-order valence-electron chi connectivity index (χ4n) is 3.60. The third-order valence-corrected chi connectivity index (χ3v) is 5.42. The zero-order chi connectivity index (χ0) is 17.9. The molecular weight excluding hydrogens is 342 g/mol. The second kappa shape index (κ2) is 5.38. The fourth-order valence-corrected chi connectivity index (χ4v) is 3.72. The van der Waals surface area contributed by atoms with Gasteiger partial charge in [-0.05, 0) is 19.1 Å². The minimum absolute atomic E-state index is 0.110. The summed E-state index contributed by atoms with van der Waals surface area (Å²) >= 11 is 6.37. The summed E-state index contributed by atoms with van der Waals surface area (Å²) in [5, 5.41) is 20.8. The molecule has 0 amide bonds. The number of aromatic nitrogens is 1. The van der Waals surface area contributed by atoms with E-state index in [4.69, 9.17) is 16.3 Å². The molecule has 3 aromatic rings. The Hall–Kier alpha value is -2.24. The topological polar surface area (TPSA) is 71.7 Å². The Morgan fingerprint density at radius 1 is 1.40 bits per heavy atom. The molecule has 130 valence electrons. The maximum atomic E-state index is 12.9. The van der Waals surface area contributed by atoms with Gasteiger partial charge in [0.05, 0.1) is 23.0 Å². The molecule has 0 radical (unpaired) electrons. The molecular formula is C19H18ClNO4. The van der Waals surface area contributed by atoms with Crippen LogP contribution in [0.2, 0.25) is 0 Å². The largest absolute Gasteiger partial charge is 0.507 e. The van der Waals surface area contributed by atoms with Crippen molar-refractivity contribution in [2.75, 3.05) is 6.61 Å². The molecule has 0 aliphatic carbocycles. The van der Waals surface area contributed by atoms with Crippen LogP contribution in [0.25, 0.3) is 21.8 Å². The number of fused-ring (bicyclic) bond motifs is 4. The zero-order valence-electron chi connectivity index (χ0n) is 13.9. The van der Waals surface area contributed by atoms with Crippen LogP contribution in [0.15, 0.2) is 35.1 Å². The van der Waals surface area contributed by atoms with Crippen LogP contribution in [-0.2, 0) is 13.5 Å². The van der Waals surface area contributed by atoms with E-state index in [0.29, 0.717) is 23.1 Å². The molecule has 0 saturated heterocycles. The molecule has 0 spiro atoms. The number of aromatic hydroxyl groups is 1. The monoisotopic (exact) mass is 359 g/mol. The maximum Gasteiger partial charge on any atom is 0.200 e. The van der Waals surface area contributed by atoms with Crippen LogP contribution >= 0.6 is 11.6 Å². The van der Waals surface area contributed by atoms with Crippen molar-refractivity contribution >= 4 is 33.4 Å². The highest BCUT2D eigenvalue weighted by molar-refractivity contribution is 6.24. The molecule has 0 fully saturated rings. The Bertz CT molecular complexity index is 1070. The van der Waals surface area contributed by atoms with Gasteiger partial charge in [-0.3, -0.25) is 4.79 Å². The van der Waals surface area contributed by atoms with Gasteiger partial charge in [-0.15, -0.1) is 11.6 Å². The number of benzene rings is 2. The number of aryl methyl sites for hydroxylation is 1. The minimum atomic E-state index is -0.948. The van der Waals surface area contributed by atoms with E-state index in [-0.39, 0.29) is 23.2 Å². The number of nitrogens with zero attached hydrogens (tertiary/aromatic N) is 1. The first-order valence-electron chi connectivity index (χ1n) is 8.08. The molecule has 0 bridgehead atoms. The molecule has 2 N–H and O–H groups in total. The Labute approximate surface area is 149 Å². The predicted octanol–water partition coefficient (Wildman–Crippen LogP) is 2.69. The van der Waals surface area contributed by atoms with E-state index >= 15 is 0 Å². The lowest BCUT2D eigenvalue weighted by molar-refractivity contribution is 0.131. The number of pyridine rings is 1. The van der Waals surface area contributed by atoms with E-state index in [9.17, 15) is 15.0 Å². The van der Waals surface area contributed by atoms with Crippen LogP contribution in [0, 0.1) is 0 Å². The van der Waals surface area contributed by atoms with E-state index in [1.807, 2.05) is 23.7 Å². The van der Waals surface area contributed by atoms with Gasteiger partial charge in [-0.25, -0.2) is 0 Å². The molecule has 1 aromatic heterocycles. The lowest BCUT2D eigenvalue weighted by Crippen LogP contribution is -2.40. The normalized spacial score (nSPS) is 19.0. The molecule has 0 saturated carbocycles. The van der Waals surface area contributed by atoms with Crippen LogP contribution in [0.3, 0.4) is 0 Å². The Kier molecular flexibility index (Phi) is 3.49. The van der Waals surface area contributed by atoms with Gasteiger partial charge in [-0.2, -0.15) is 0 Å². The number of hydrogen-bond acceptors (Lipinski definition) is 4. The average Bonchev–Trinajstić information content (AvgIpc) is 3.03. The molecule has 2 aromatic carbocycles. The summed E-state index contributed by atoms with van der Waals surface area (Å²) in [7, 11) is 1.86. The van der Waals surface area contributed by atoms with Crippen molar-refractivity contribution in [3.63, 3.8) is 0 Å². The minimum Gasteiger partial charge on any atom is -0.507 e. The van der Waals surface area contributed by atoms with Crippen LogP contribution in [-0.4, -0.2) is 32.4 Å². The van der Waals surface area contributed by atoms with Gasteiger partial charge >= 0.3 is 0 Å². The number of rotatable bonds is 2. The fraction of sp³-hybridized carbons (Fsp3) is 0.316. The summed E-state index contributed by atoms with van der Waals surface area (Å²) in [6.45, 7) is 1.47. The Morgan fingerprint density at radius 3 is 2.84 bits per heavy atom. The summed E-state index contributed by atoms with van der Waals surface area (Å²) in [5.74, 6) is 0.390. The van der Waals surface area contributed by atoms with Crippen molar-refractivity contribution in [3.8, 4) is 11.5 Å². The predicted molar refractivity (Wildman–Crippen MR) is 97.8 cm³/mol. The van der Waals surface area contributed by atoms with Crippen molar-refractivity contribution in [1.82, 2.24) is 4.57 Å². The molecule has 2 unspecified atom stereocenters. The number of alkyl halides is 1. The number of para-hydroxylation sites is 1. The number of aliphatic hydroxyl groups excluding tert-OH is 1. The van der Waals surface area contributed by atoms with Crippen molar-refractivity contribution < 1.29 is 14.9 Å². The average molecular weight is 360 g/mol. The Morgan fingerprint density at radius 2 is 2.12 bits per heavy atom. The van der Waals surface area contributed by atoms with Gasteiger partial charge < -0.3 is 19.5 Å². The van der Waals surface area contributed by atoms with Gasteiger partial charge in [0.25, 0.3) is 0 Å². The molecule has 25 heavy (non-hydrogen) atoms. The molecule has 6 heteroatoms. The van der Waals surface area contributed by atoms with Crippen molar-refractivity contribution in [2.24, 2.45) is 7.05 Å². The van der Waals surface area contributed by atoms with Crippen LogP contribution < -0.4 is 10.2 Å². The van der Waals surface area contributed by atoms with Crippen molar-refractivity contribution in [3.05, 3.63) is 46.1 Å². The van der Waals surface area contributed by atoms with Gasteiger partial charge in [0.15, 0.2) is 0 Å². The lowest BCUT2D eigenvalue weighted by atomic mass is 9.97. The van der Waals surface area contributed by atoms with Crippen LogP contribution in [0.5, 0.6) is 11.5 Å². The molecule has 4 rings (SSSR count). The summed E-state index contributed by atoms with van der Waals surface area (Å²) in [5.41, 5.74) is 2.05. The lowest BCUT2D eigenvalue weighted by Gasteiger charge is -2.25. The van der Waals surface area contributed by atoms with Gasteiger partial charge in [0.1, 0.15) is 22.5 Å². The van der Waals surface area contributed by atoms with E-state index in [2.05, 4.69) is 0 Å². The first kappa shape index (κ1) is 16.2. The van der Waals surface area contributed by atoms with Gasteiger partial charge in [-0.1, -0.05) is 12.1 Å². The third-order valence-electron chi connectivity index (χ3n) is 5.06. The van der Waals surface area contributed by atoms with E-state index in [1.165, 1.54) is 6.07 Å². The van der Waals surface area contributed by atoms with E-state index in [1.54, 1.807) is 19.1 Å². The Balaban J connectivity index is 2.07. The summed E-state index contributed by atoms with van der Waals surface area (Å²) < 4.78 is 7.79. The summed E-state index contributed by atoms with van der Waals surface area (Å²) in [4.78, 5) is 12.0. The number of phenols is 1. The number of phenolic OH excluding ortho intramolecular Hbond substituents is 1. The highest BCUT2D eigenvalue weighted by atomic mass is 35.5. The highest BCUT2D eigenvalue weighted by Crippen LogP contribution is 2.42. The quantitative estimate of drug-likeness (QED) is 0.545. The van der Waals surface area contributed by atoms with E-state index in [0.717, 1.165) is 11.1 Å². The molecule has 1 aliphatic heterocycles. The second-order valence-corrected chi connectivity index (χ2v) is 7.61. The smallest absolute Gasteiger partial charge is 0.200 e. The first-order valence-corrected chi connectivity index (χ1v) is 8.45. The molecule has 2 atom stereocenters. The SMILES string of the molecule is Cn1c2ccccc2c(=O)c2c(O)cc3c(c21)CC(C(C)(Cl)CO)O3. The van der Waals surface area contributed by atoms with Gasteiger partial charge in [0.2, 0.25) is 5.43 Å². The molecule has 5 nitrogen and oxygen atoms in total. The summed E-state index contributed by atoms with van der Waals surface area (Å²) in [6, 6.07) is 8.78. The second-order valence-electron chi connectivity index (χ2n) is 6.75. The number of ether oxygens (including phenoxy) is 1. The van der Waals surface area contributed by atoms with Gasteiger partial charge in [0, 0.05) is 30.5 Å². The molecule has 1 aliphatic rings. The van der Waals surface area contributed by atoms with Crippen molar-refractivity contribution in [2.45, 2.75) is 24.3 Å². The van der Waals surface area contributed by atoms with E-state index < -0.39 is 11.0 Å².